The first kappa shape index (κ1) is 14.9. The van der Waals surface area contributed by atoms with E-state index in [9.17, 15) is 4.79 Å². The zero-order chi connectivity index (χ0) is 15.1. The molecule has 0 fully saturated rings. The van der Waals surface area contributed by atoms with Gasteiger partial charge in [0.1, 0.15) is 5.75 Å². The van der Waals surface area contributed by atoms with Crippen molar-refractivity contribution in [1.82, 2.24) is 5.32 Å². The predicted octanol–water partition coefficient (Wildman–Crippen LogP) is 2.52. The topological polar surface area (TPSA) is 76.4 Å². The number of nitrogens with one attached hydrogen (secondary N) is 2. The Bertz CT molecular complexity index is 587. The Morgan fingerprint density at radius 3 is 2.67 bits per heavy atom. The fraction of sp³-hybridized carbons (Fsp3) is 0.188. The zero-order valence-electron chi connectivity index (χ0n) is 11.9. The molecular weight excluding hydrogens is 266 g/mol. The Labute approximate surface area is 124 Å². The number of ether oxygens (including phenoxy) is 1. The number of carbonyl (C=O) groups excluding carboxylic acids is 1. The molecule has 2 aromatic carbocycles. The average molecular weight is 285 g/mol. The summed E-state index contributed by atoms with van der Waals surface area (Å²) >= 11 is 0. The van der Waals surface area contributed by atoms with Crippen LogP contribution in [0.4, 0.5) is 10.5 Å². The number of rotatable bonds is 5. The lowest BCUT2D eigenvalue weighted by atomic mass is 10.1. The van der Waals surface area contributed by atoms with Crippen molar-refractivity contribution < 1.29 is 9.53 Å². The smallest absolute Gasteiger partial charge is 0.319 e. The molecule has 0 aliphatic carbocycles. The Kier molecular flexibility index (Phi) is 5.17. The normalized spacial score (nSPS) is 11.5. The number of methoxy groups -OCH3 is 1. The van der Waals surface area contributed by atoms with Crippen LogP contribution in [0.15, 0.2) is 54.6 Å². The molecule has 110 valence electrons. The second-order valence-corrected chi connectivity index (χ2v) is 4.58. The molecule has 1 unspecified atom stereocenters. The van der Waals surface area contributed by atoms with Crippen LogP contribution in [0, 0.1) is 0 Å². The van der Waals surface area contributed by atoms with Gasteiger partial charge in [-0.3, -0.25) is 0 Å². The first-order valence-electron chi connectivity index (χ1n) is 6.68. The van der Waals surface area contributed by atoms with E-state index < -0.39 is 0 Å². The SMILES string of the molecule is COc1cccc(NC(=O)NCC(N)c2ccccc2)c1. The van der Waals surface area contributed by atoms with Crippen LogP contribution in [0.5, 0.6) is 5.75 Å². The molecule has 0 aromatic heterocycles. The van der Waals surface area contributed by atoms with Crippen molar-refractivity contribution >= 4 is 11.7 Å². The summed E-state index contributed by atoms with van der Waals surface area (Å²) < 4.78 is 5.10. The maximum absolute atomic E-state index is 11.8. The summed E-state index contributed by atoms with van der Waals surface area (Å²) in [7, 11) is 1.58. The van der Waals surface area contributed by atoms with Gasteiger partial charge in [-0.25, -0.2) is 4.79 Å². The van der Waals surface area contributed by atoms with E-state index in [2.05, 4.69) is 10.6 Å². The third kappa shape index (κ3) is 4.50. The number of amides is 2. The largest absolute Gasteiger partial charge is 0.497 e. The molecule has 0 heterocycles. The Morgan fingerprint density at radius 2 is 1.95 bits per heavy atom. The quantitative estimate of drug-likeness (QED) is 0.790. The molecule has 0 saturated heterocycles. The third-order valence-corrected chi connectivity index (χ3v) is 3.04. The predicted molar refractivity (Wildman–Crippen MR) is 83.4 cm³/mol. The van der Waals surface area contributed by atoms with Crippen molar-refractivity contribution in [2.75, 3.05) is 19.0 Å². The van der Waals surface area contributed by atoms with Crippen molar-refractivity contribution in [3.05, 3.63) is 60.2 Å². The van der Waals surface area contributed by atoms with Crippen LogP contribution in [0.25, 0.3) is 0 Å². The van der Waals surface area contributed by atoms with E-state index in [1.54, 1.807) is 19.2 Å². The molecule has 0 aliphatic heterocycles. The van der Waals surface area contributed by atoms with Gasteiger partial charge in [0.2, 0.25) is 0 Å². The molecule has 0 aliphatic rings. The second kappa shape index (κ2) is 7.31. The average Bonchev–Trinajstić information content (AvgIpc) is 2.53. The van der Waals surface area contributed by atoms with E-state index >= 15 is 0 Å². The van der Waals surface area contributed by atoms with E-state index in [1.165, 1.54) is 0 Å². The lowest BCUT2D eigenvalue weighted by molar-refractivity contribution is 0.251. The number of urea groups is 1. The van der Waals surface area contributed by atoms with Crippen LogP contribution < -0.4 is 21.1 Å². The van der Waals surface area contributed by atoms with Crippen molar-refractivity contribution in [3.8, 4) is 5.75 Å². The molecule has 0 spiro atoms. The van der Waals surface area contributed by atoms with Gasteiger partial charge in [0.05, 0.1) is 7.11 Å². The summed E-state index contributed by atoms with van der Waals surface area (Å²) in [5.74, 6) is 0.689. The first-order chi connectivity index (χ1) is 10.2. The monoisotopic (exact) mass is 285 g/mol. The van der Waals surface area contributed by atoms with E-state index in [0.29, 0.717) is 18.0 Å². The van der Waals surface area contributed by atoms with E-state index in [-0.39, 0.29) is 12.1 Å². The first-order valence-corrected chi connectivity index (χ1v) is 6.68. The number of anilines is 1. The molecule has 0 saturated carbocycles. The fourth-order valence-corrected chi connectivity index (χ4v) is 1.90. The molecule has 1 atom stereocenters. The van der Waals surface area contributed by atoms with E-state index in [4.69, 9.17) is 10.5 Å². The zero-order valence-corrected chi connectivity index (χ0v) is 11.9. The summed E-state index contributed by atoms with van der Waals surface area (Å²) in [6, 6.07) is 16.3. The van der Waals surface area contributed by atoms with Crippen LogP contribution in [0.1, 0.15) is 11.6 Å². The van der Waals surface area contributed by atoms with E-state index in [1.807, 2.05) is 42.5 Å². The van der Waals surface area contributed by atoms with Gasteiger partial charge in [0, 0.05) is 24.3 Å². The summed E-state index contributed by atoms with van der Waals surface area (Å²) in [5, 5.41) is 5.49. The summed E-state index contributed by atoms with van der Waals surface area (Å²) in [6.07, 6.45) is 0. The highest BCUT2D eigenvalue weighted by Crippen LogP contribution is 2.16. The molecule has 0 radical (unpaired) electrons. The Hall–Kier alpha value is -2.53. The lowest BCUT2D eigenvalue weighted by Crippen LogP contribution is -2.34. The number of carbonyl (C=O) groups is 1. The standard InChI is InChI=1S/C16H19N3O2/c1-21-14-9-5-8-13(10-14)19-16(20)18-11-15(17)12-6-3-2-4-7-12/h2-10,15H,11,17H2,1H3,(H2,18,19,20). The van der Waals surface area contributed by atoms with Crippen LogP contribution in [0.3, 0.4) is 0 Å². The van der Waals surface area contributed by atoms with Crippen LogP contribution in [0.2, 0.25) is 0 Å². The molecule has 21 heavy (non-hydrogen) atoms. The van der Waals surface area contributed by atoms with E-state index in [0.717, 1.165) is 5.56 Å². The van der Waals surface area contributed by atoms with Gasteiger partial charge in [-0.1, -0.05) is 36.4 Å². The molecule has 4 N–H and O–H groups in total. The van der Waals surface area contributed by atoms with Gasteiger partial charge in [0.15, 0.2) is 0 Å². The molecular formula is C16H19N3O2. The van der Waals surface area contributed by atoms with Crippen LogP contribution in [-0.2, 0) is 0 Å². The highest BCUT2D eigenvalue weighted by molar-refractivity contribution is 5.89. The van der Waals surface area contributed by atoms with Gasteiger partial charge >= 0.3 is 6.03 Å². The van der Waals surface area contributed by atoms with Crippen LogP contribution >= 0.6 is 0 Å². The van der Waals surface area contributed by atoms with Crippen molar-refractivity contribution in [1.29, 1.82) is 0 Å². The van der Waals surface area contributed by atoms with Gasteiger partial charge in [-0.05, 0) is 17.7 Å². The Morgan fingerprint density at radius 1 is 1.19 bits per heavy atom. The highest BCUT2D eigenvalue weighted by atomic mass is 16.5. The summed E-state index contributed by atoms with van der Waals surface area (Å²) in [6.45, 7) is 0.361. The number of hydrogen-bond acceptors (Lipinski definition) is 3. The minimum absolute atomic E-state index is 0.234. The third-order valence-electron chi connectivity index (χ3n) is 3.04. The maximum Gasteiger partial charge on any atom is 0.319 e. The molecule has 2 amide bonds. The highest BCUT2D eigenvalue weighted by Gasteiger charge is 2.08. The minimum atomic E-state index is -0.297. The van der Waals surface area contributed by atoms with Gasteiger partial charge in [-0.15, -0.1) is 0 Å². The molecule has 5 heteroatoms. The maximum atomic E-state index is 11.8. The minimum Gasteiger partial charge on any atom is -0.497 e. The van der Waals surface area contributed by atoms with Crippen molar-refractivity contribution in [2.45, 2.75) is 6.04 Å². The number of hydrogen-bond donors (Lipinski definition) is 3. The van der Waals surface area contributed by atoms with Gasteiger partial charge in [-0.2, -0.15) is 0 Å². The number of nitrogens with two attached hydrogens (primary N) is 1. The summed E-state index contributed by atoms with van der Waals surface area (Å²) in [4.78, 5) is 11.8. The second-order valence-electron chi connectivity index (χ2n) is 4.58. The van der Waals surface area contributed by atoms with Crippen molar-refractivity contribution in [2.24, 2.45) is 5.73 Å². The molecule has 2 aromatic rings. The molecule has 5 nitrogen and oxygen atoms in total. The molecule has 2 rings (SSSR count). The van der Waals surface area contributed by atoms with Gasteiger partial charge < -0.3 is 21.1 Å². The lowest BCUT2D eigenvalue weighted by Gasteiger charge is -2.14. The fourth-order valence-electron chi connectivity index (χ4n) is 1.90. The summed E-state index contributed by atoms with van der Waals surface area (Å²) in [5.41, 5.74) is 7.67. The molecule has 0 bridgehead atoms. The van der Waals surface area contributed by atoms with Crippen molar-refractivity contribution in [3.63, 3.8) is 0 Å². The number of benzene rings is 2. The van der Waals surface area contributed by atoms with Crippen LogP contribution in [-0.4, -0.2) is 19.7 Å². The Balaban J connectivity index is 1.84. The van der Waals surface area contributed by atoms with Gasteiger partial charge in [0.25, 0.3) is 0 Å².